The number of nitrogens with one attached hydrogen (secondary N) is 1. The number of halogens is 1. The summed E-state index contributed by atoms with van der Waals surface area (Å²) >= 11 is 6.20. The summed E-state index contributed by atoms with van der Waals surface area (Å²) < 4.78 is 6.78. The summed E-state index contributed by atoms with van der Waals surface area (Å²) in [6.45, 7) is 1.00. The molecule has 1 aromatic heterocycles. The minimum atomic E-state index is -0.190. The second kappa shape index (κ2) is 7.96. The molecular weight excluding hydrogens is 338 g/mol. The van der Waals surface area contributed by atoms with Crippen LogP contribution in [0.15, 0.2) is 60.8 Å². The van der Waals surface area contributed by atoms with E-state index in [1.807, 2.05) is 36.4 Å². The van der Waals surface area contributed by atoms with Crippen LogP contribution < -0.4 is 5.32 Å². The number of nitrogens with zero attached hydrogens (tertiary/aromatic N) is 2. The highest BCUT2D eigenvalue weighted by molar-refractivity contribution is 6.31. The van der Waals surface area contributed by atoms with Crippen LogP contribution in [-0.4, -0.2) is 22.8 Å². The molecule has 0 aliphatic heterocycles. The number of carbonyl (C=O) groups excluding carboxylic acids is 1. The van der Waals surface area contributed by atoms with E-state index >= 15 is 0 Å². The maximum atomic E-state index is 12.4. The minimum absolute atomic E-state index is 0.190. The largest absolute Gasteiger partial charge is 0.380 e. The first-order chi connectivity index (χ1) is 12.2. The SMILES string of the molecule is COCc1ccc(C(=O)Nc2ccnn2Cc2ccccc2Cl)cc1. The zero-order valence-corrected chi connectivity index (χ0v) is 14.5. The van der Waals surface area contributed by atoms with Crippen LogP contribution in [0.3, 0.4) is 0 Å². The number of aromatic nitrogens is 2. The molecule has 0 spiro atoms. The second-order valence-corrected chi connectivity index (χ2v) is 5.96. The number of methoxy groups -OCH3 is 1. The smallest absolute Gasteiger partial charge is 0.256 e. The van der Waals surface area contributed by atoms with Gasteiger partial charge in [0.1, 0.15) is 5.82 Å². The van der Waals surface area contributed by atoms with E-state index in [1.165, 1.54) is 0 Å². The summed E-state index contributed by atoms with van der Waals surface area (Å²) in [5.41, 5.74) is 2.53. The molecule has 0 saturated carbocycles. The first kappa shape index (κ1) is 17.2. The Balaban J connectivity index is 1.72. The van der Waals surface area contributed by atoms with Crippen molar-refractivity contribution in [3.05, 3.63) is 82.5 Å². The van der Waals surface area contributed by atoms with Crippen molar-refractivity contribution in [2.24, 2.45) is 0 Å². The van der Waals surface area contributed by atoms with Gasteiger partial charge in [-0.25, -0.2) is 4.68 Å². The van der Waals surface area contributed by atoms with Crippen molar-refractivity contribution >= 4 is 23.3 Å². The summed E-state index contributed by atoms with van der Waals surface area (Å²) in [6, 6.07) is 16.6. The molecule has 3 rings (SSSR count). The molecule has 2 aromatic carbocycles. The number of ether oxygens (including phenoxy) is 1. The van der Waals surface area contributed by atoms with Crippen LogP contribution in [-0.2, 0) is 17.9 Å². The fourth-order valence-electron chi connectivity index (χ4n) is 2.46. The monoisotopic (exact) mass is 355 g/mol. The van der Waals surface area contributed by atoms with E-state index in [1.54, 1.807) is 36.2 Å². The van der Waals surface area contributed by atoms with Crippen LogP contribution in [0, 0.1) is 0 Å². The van der Waals surface area contributed by atoms with E-state index in [0.29, 0.717) is 29.6 Å². The predicted molar refractivity (Wildman–Crippen MR) is 97.9 cm³/mol. The maximum Gasteiger partial charge on any atom is 0.256 e. The van der Waals surface area contributed by atoms with E-state index in [-0.39, 0.29) is 5.91 Å². The summed E-state index contributed by atoms with van der Waals surface area (Å²) in [7, 11) is 1.64. The number of hydrogen-bond acceptors (Lipinski definition) is 3. The van der Waals surface area contributed by atoms with Crippen molar-refractivity contribution in [1.29, 1.82) is 0 Å². The maximum absolute atomic E-state index is 12.4. The molecule has 0 radical (unpaired) electrons. The summed E-state index contributed by atoms with van der Waals surface area (Å²) in [4.78, 5) is 12.4. The predicted octanol–water partition coefficient (Wildman–Crippen LogP) is 3.98. The Morgan fingerprint density at radius 1 is 1.16 bits per heavy atom. The third-order valence-electron chi connectivity index (χ3n) is 3.76. The summed E-state index contributed by atoms with van der Waals surface area (Å²) in [5.74, 6) is 0.427. The lowest BCUT2D eigenvalue weighted by Gasteiger charge is -2.10. The van der Waals surface area contributed by atoms with Crippen molar-refractivity contribution < 1.29 is 9.53 Å². The number of anilines is 1. The van der Waals surface area contributed by atoms with E-state index in [2.05, 4.69) is 10.4 Å². The average molecular weight is 356 g/mol. The van der Waals surface area contributed by atoms with Crippen LogP contribution in [0.1, 0.15) is 21.5 Å². The molecule has 25 heavy (non-hydrogen) atoms. The number of rotatable bonds is 6. The standard InChI is InChI=1S/C19H18ClN3O2/c1-25-13-14-6-8-15(9-7-14)19(24)22-18-10-11-21-23(18)12-16-4-2-3-5-17(16)20/h2-11H,12-13H2,1H3,(H,22,24). The van der Waals surface area contributed by atoms with Gasteiger partial charge >= 0.3 is 0 Å². The molecule has 1 heterocycles. The molecule has 0 unspecified atom stereocenters. The quantitative estimate of drug-likeness (QED) is 0.727. The van der Waals surface area contributed by atoms with Crippen LogP contribution in [0.2, 0.25) is 5.02 Å². The molecule has 0 saturated heterocycles. The number of amides is 1. The molecule has 5 nitrogen and oxygen atoms in total. The van der Waals surface area contributed by atoms with Gasteiger partial charge in [-0.2, -0.15) is 5.10 Å². The Bertz CT molecular complexity index is 859. The van der Waals surface area contributed by atoms with Crippen LogP contribution >= 0.6 is 11.6 Å². The first-order valence-corrected chi connectivity index (χ1v) is 8.19. The van der Waals surface area contributed by atoms with Crippen molar-refractivity contribution in [3.63, 3.8) is 0 Å². The Morgan fingerprint density at radius 2 is 1.92 bits per heavy atom. The van der Waals surface area contributed by atoms with E-state index in [4.69, 9.17) is 16.3 Å². The van der Waals surface area contributed by atoms with Gasteiger partial charge in [-0.1, -0.05) is 41.9 Å². The van der Waals surface area contributed by atoms with Gasteiger partial charge in [-0.15, -0.1) is 0 Å². The number of hydrogen-bond donors (Lipinski definition) is 1. The van der Waals surface area contributed by atoms with Crippen molar-refractivity contribution in [1.82, 2.24) is 9.78 Å². The van der Waals surface area contributed by atoms with Crippen molar-refractivity contribution in [2.45, 2.75) is 13.2 Å². The van der Waals surface area contributed by atoms with Gasteiger partial charge < -0.3 is 10.1 Å². The third-order valence-corrected chi connectivity index (χ3v) is 4.13. The molecule has 0 fully saturated rings. The zero-order valence-electron chi connectivity index (χ0n) is 13.8. The highest BCUT2D eigenvalue weighted by atomic mass is 35.5. The van der Waals surface area contributed by atoms with Gasteiger partial charge in [0.05, 0.1) is 19.3 Å². The highest BCUT2D eigenvalue weighted by Crippen LogP contribution is 2.18. The summed E-state index contributed by atoms with van der Waals surface area (Å²) in [5, 5.41) is 7.82. The lowest BCUT2D eigenvalue weighted by atomic mass is 10.1. The third kappa shape index (κ3) is 4.26. The molecular formula is C19H18ClN3O2. The minimum Gasteiger partial charge on any atom is -0.380 e. The lowest BCUT2D eigenvalue weighted by molar-refractivity contribution is 0.102. The van der Waals surface area contributed by atoms with E-state index in [9.17, 15) is 4.79 Å². The van der Waals surface area contributed by atoms with Gasteiger partial charge in [-0.05, 0) is 29.3 Å². The topological polar surface area (TPSA) is 56.1 Å². The van der Waals surface area contributed by atoms with Crippen molar-refractivity contribution in [3.8, 4) is 0 Å². The Hall–Kier alpha value is -2.63. The number of benzene rings is 2. The van der Waals surface area contributed by atoms with Crippen LogP contribution in [0.4, 0.5) is 5.82 Å². The molecule has 6 heteroatoms. The molecule has 3 aromatic rings. The second-order valence-electron chi connectivity index (χ2n) is 5.55. The molecule has 0 aliphatic rings. The average Bonchev–Trinajstić information content (AvgIpc) is 3.04. The fourth-order valence-corrected chi connectivity index (χ4v) is 2.66. The molecule has 0 bridgehead atoms. The van der Waals surface area contributed by atoms with Gasteiger partial charge in [0.25, 0.3) is 5.91 Å². The number of carbonyl (C=O) groups is 1. The zero-order chi connectivity index (χ0) is 17.6. The van der Waals surface area contributed by atoms with Crippen LogP contribution in [0.25, 0.3) is 0 Å². The van der Waals surface area contributed by atoms with Gasteiger partial charge in [0.2, 0.25) is 0 Å². The van der Waals surface area contributed by atoms with Gasteiger partial charge in [0, 0.05) is 23.8 Å². The van der Waals surface area contributed by atoms with Gasteiger partial charge in [-0.3, -0.25) is 4.79 Å². The Morgan fingerprint density at radius 3 is 2.64 bits per heavy atom. The molecule has 1 amide bonds. The summed E-state index contributed by atoms with van der Waals surface area (Å²) in [6.07, 6.45) is 1.65. The van der Waals surface area contributed by atoms with E-state index in [0.717, 1.165) is 11.1 Å². The molecule has 128 valence electrons. The Labute approximate surface area is 151 Å². The first-order valence-electron chi connectivity index (χ1n) is 7.82. The lowest BCUT2D eigenvalue weighted by Crippen LogP contribution is -2.16. The van der Waals surface area contributed by atoms with Crippen molar-refractivity contribution in [2.75, 3.05) is 12.4 Å². The van der Waals surface area contributed by atoms with Gasteiger partial charge in [0.15, 0.2) is 0 Å². The Kier molecular flexibility index (Phi) is 5.48. The normalized spacial score (nSPS) is 10.6. The molecule has 0 aliphatic carbocycles. The molecule has 1 N–H and O–H groups in total. The highest BCUT2D eigenvalue weighted by Gasteiger charge is 2.11. The molecule has 0 atom stereocenters. The van der Waals surface area contributed by atoms with Crippen LogP contribution in [0.5, 0.6) is 0 Å². The van der Waals surface area contributed by atoms with E-state index < -0.39 is 0 Å². The fraction of sp³-hybridized carbons (Fsp3) is 0.158.